The van der Waals surface area contributed by atoms with Crippen LogP contribution in [0.2, 0.25) is 0 Å². The lowest BCUT2D eigenvalue weighted by atomic mass is 9.79. The molecule has 0 heterocycles. The molecule has 0 radical (unpaired) electrons. The van der Waals surface area contributed by atoms with Crippen LogP contribution in [0.15, 0.2) is 18.2 Å². The summed E-state index contributed by atoms with van der Waals surface area (Å²) in [6, 6.07) is 5.23. The number of ketones is 1. The van der Waals surface area contributed by atoms with Crippen molar-refractivity contribution in [2.75, 3.05) is 0 Å². The minimum absolute atomic E-state index is 0.296. The quantitative estimate of drug-likeness (QED) is 0.805. The van der Waals surface area contributed by atoms with Crippen molar-refractivity contribution in [3.63, 3.8) is 0 Å². The van der Waals surface area contributed by atoms with Crippen LogP contribution < -0.4 is 0 Å². The predicted octanol–water partition coefficient (Wildman–Crippen LogP) is 2.32. The van der Waals surface area contributed by atoms with Gasteiger partial charge in [-0.25, -0.2) is 4.79 Å². The SMILES string of the molecule is O=C(O)c1ccc2c(c1)C1(CCCC1=O)CC2. The Morgan fingerprint density at radius 2 is 2.06 bits per heavy atom. The molecule has 3 rings (SSSR count). The first kappa shape index (κ1) is 10.5. The van der Waals surface area contributed by atoms with Crippen LogP contribution in [0.1, 0.15) is 47.2 Å². The maximum absolute atomic E-state index is 12.1. The molecule has 88 valence electrons. The van der Waals surface area contributed by atoms with E-state index in [1.54, 1.807) is 12.1 Å². The summed E-state index contributed by atoms with van der Waals surface area (Å²) in [5, 5.41) is 9.03. The topological polar surface area (TPSA) is 54.4 Å². The molecular weight excluding hydrogens is 216 g/mol. The van der Waals surface area contributed by atoms with Gasteiger partial charge in [0.15, 0.2) is 0 Å². The van der Waals surface area contributed by atoms with Crippen LogP contribution in [0.25, 0.3) is 0 Å². The van der Waals surface area contributed by atoms with E-state index in [0.717, 1.165) is 36.8 Å². The van der Waals surface area contributed by atoms with Crippen molar-refractivity contribution in [2.45, 2.75) is 37.5 Å². The van der Waals surface area contributed by atoms with Gasteiger partial charge >= 0.3 is 5.97 Å². The van der Waals surface area contributed by atoms with Crippen LogP contribution in [0.4, 0.5) is 0 Å². The molecule has 1 fully saturated rings. The molecule has 2 aliphatic carbocycles. The number of hydrogen-bond acceptors (Lipinski definition) is 2. The van der Waals surface area contributed by atoms with Crippen LogP contribution >= 0.6 is 0 Å². The van der Waals surface area contributed by atoms with E-state index >= 15 is 0 Å². The van der Waals surface area contributed by atoms with Crippen molar-refractivity contribution >= 4 is 11.8 Å². The average molecular weight is 230 g/mol. The molecule has 1 aromatic rings. The Morgan fingerprint density at radius 1 is 1.24 bits per heavy atom. The number of carboxylic acid groups (broad SMARTS) is 1. The highest BCUT2D eigenvalue weighted by Gasteiger charge is 2.47. The largest absolute Gasteiger partial charge is 0.478 e. The van der Waals surface area contributed by atoms with Gasteiger partial charge in [-0.15, -0.1) is 0 Å². The molecule has 1 atom stereocenters. The van der Waals surface area contributed by atoms with E-state index < -0.39 is 5.97 Å². The second-order valence-electron chi connectivity index (χ2n) is 5.04. The molecule has 1 N–H and O–H groups in total. The van der Waals surface area contributed by atoms with Crippen molar-refractivity contribution in [1.29, 1.82) is 0 Å². The normalized spacial score (nSPS) is 26.5. The van der Waals surface area contributed by atoms with Crippen molar-refractivity contribution in [2.24, 2.45) is 0 Å². The Labute approximate surface area is 99.5 Å². The van der Waals surface area contributed by atoms with Gasteiger partial charge < -0.3 is 5.11 Å². The van der Waals surface area contributed by atoms with Gasteiger partial charge in [-0.1, -0.05) is 6.07 Å². The number of hydrogen-bond donors (Lipinski definition) is 1. The summed E-state index contributed by atoms with van der Waals surface area (Å²) in [6.07, 6.45) is 4.25. The summed E-state index contributed by atoms with van der Waals surface area (Å²) in [7, 11) is 0. The van der Waals surface area contributed by atoms with Gasteiger partial charge in [0.05, 0.1) is 11.0 Å². The van der Waals surface area contributed by atoms with E-state index in [1.165, 1.54) is 0 Å². The Balaban J connectivity index is 2.15. The first-order valence-electron chi connectivity index (χ1n) is 6.03. The maximum atomic E-state index is 12.1. The molecule has 1 aromatic carbocycles. The van der Waals surface area contributed by atoms with Crippen molar-refractivity contribution in [3.8, 4) is 0 Å². The molecule has 0 bridgehead atoms. The van der Waals surface area contributed by atoms with Gasteiger partial charge in [0.1, 0.15) is 5.78 Å². The highest BCUT2D eigenvalue weighted by atomic mass is 16.4. The Morgan fingerprint density at radius 3 is 2.71 bits per heavy atom. The lowest BCUT2D eigenvalue weighted by Gasteiger charge is -2.22. The number of carbonyl (C=O) groups is 2. The third-order valence-corrected chi connectivity index (χ3v) is 4.23. The van der Waals surface area contributed by atoms with Crippen molar-refractivity contribution in [3.05, 3.63) is 34.9 Å². The summed E-state index contributed by atoms with van der Waals surface area (Å²) < 4.78 is 0. The molecule has 2 aliphatic rings. The van der Waals surface area contributed by atoms with E-state index in [1.807, 2.05) is 6.07 Å². The predicted molar refractivity (Wildman–Crippen MR) is 62.3 cm³/mol. The highest BCUT2D eigenvalue weighted by Crippen LogP contribution is 2.48. The van der Waals surface area contributed by atoms with E-state index in [2.05, 4.69) is 0 Å². The Hall–Kier alpha value is -1.64. The number of Topliss-reactive ketones (excluding diaryl/α,β-unsaturated/α-hetero) is 1. The Bertz CT molecular complexity index is 518. The number of fused-ring (bicyclic) bond motifs is 2. The van der Waals surface area contributed by atoms with Crippen molar-refractivity contribution in [1.82, 2.24) is 0 Å². The van der Waals surface area contributed by atoms with E-state index in [4.69, 9.17) is 5.11 Å². The molecule has 1 unspecified atom stereocenters. The molecule has 17 heavy (non-hydrogen) atoms. The zero-order chi connectivity index (χ0) is 12.0. The average Bonchev–Trinajstić information content (AvgIpc) is 2.86. The fourth-order valence-corrected chi connectivity index (χ4v) is 3.33. The molecule has 3 heteroatoms. The van der Waals surface area contributed by atoms with Gasteiger partial charge in [0, 0.05) is 6.42 Å². The number of aryl methyl sites for hydroxylation is 1. The first-order chi connectivity index (χ1) is 8.13. The second kappa shape index (κ2) is 3.42. The summed E-state index contributed by atoms with van der Waals surface area (Å²) >= 11 is 0. The fraction of sp³-hybridized carbons (Fsp3) is 0.429. The fourth-order valence-electron chi connectivity index (χ4n) is 3.33. The number of carboxylic acids is 1. The van der Waals surface area contributed by atoms with Crippen LogP contribution in [0.5, 0.6) is 0 Å². The van der Waals surface area contributed by atoms with Crippen LogP contribution in [-0.2, 0) is 16.6 Å². The maximum Gasteiger partial charge on any atom is 0.335 e. The number of aromatic carboxylic acids is 1. The van der Waals surface area contributed by atoms with Gasteiger partial charge in [-0.2, -0.15) is 0 Å². The van der Waals surface area contributed by atoms with Gasteiger partial charge in [0.2, 0.25) is 0 Å². The lowest BCUT2D eigenvalue weighted by molar-refractivity contribution is -0.122. The standard InChI is InChI=1S/C14H14O3/c15-12-2-1-6-14(12)7-5-9-3-4-10(13(16)17)8-11(9)14/h3-4,8H,1-2,5-7H2,(H,16,17). The van der Waals surface area contributed by atoms with Crippen LogP contribution in [0.3, 0.4) is 0 Å². The number of rotatable bonds is 1. The van der Waals surface area contributed by atoms with Crippen molar-refractivity contribution < 1.29 is 14.7 Å². The summed E-state index contributed by atoms with van der Waals surface area (Å²) in [4.78, 5) is 23.1. The zero-order valence-corrected chi connectivity index (χ0v) is 9.53. The summed E-state index contributed by atoms with van der Waals surface area (Å²) in [5.41, 5.74) is 2.09. The van der Waals surface area contributed by atoms with Crippen LogP contribution in [-0.4, -0.2) is 16.9 Å². The van der Waals surface area contributed by atoms with E-state index in [9.17, 15) is 9.59 Å². The third kappa shape index (κ3) is 1.35. The minimum atomic E-state index is -0.916. The summed E-state index contributed by atoms with van der Waals surface area (Å²) in [6.45, 7) is 0. The zero-order valence-electron chi connectivity index (χ0n) is 9.53. The molecular formula is C14H14O3. The molecule has 0 saturated heterocycles. The highest BCUT2D eigenvalue weighted by molar-refractivity contribution is 5.95. The molecule has 0 amide bonds. The lowest BCUT2D eigenvalue weighted by Crippen LogP contribution is -2.28. The van der Waals surface area contributed by atoms with Crippen LogP contribution in [0, 0.1) is 0 Å². The van der Waals surface area contributed by atoms with Gasteiger partial charge in [-0.3, -0.25) is 4.79 Å². The number of carbonyl (C=O) groups excluding carboxylic acids is 1. The first-order valence-corrected chi connectivity index (χ1v) is 6.03. The summed E-state index contributed by atoms with van der Waals surface area (Å²) in [5.74, 6) is -0.612. The minimum Gasteiger partial charge on any atom is -0.478 e. The van der Waals surface area contributed by atoms with Gasteiger partial charge in [-0.05, 0) is 48.9 Å². The number of benzene rings is 1. The second-order valence-corrected chi connectivity index (χ2v) is 5.04. The van der Waals surface area contributed by atoms with Gasteiger partial charge in [0.25, 0.3) is 0 Å². The van der Waals surface area contributed by atoms with E-state index in [0.29, 0.717) is 17.8 Å². The Kier molecular flexibility index (Phi) is 2.12. The third-order valence-electron chi connectivity index (χ3n) is 4.23. The molecule has 0 aromatic heterocycles. The molecule has 1 saturated carbocycles. The van der Waals surface area contributed by atoms with E-state index in [-0.39, 0.29) is 5.41 Å². The smallest absolute Gasteiger partial charge is 0.335 e. The molecule has 1 spiro atoms. The molecule has 3 nitrogen and oxygen atoms in total. The molecule has 0 aliphatic heterocycles. The monoisotopic (exact) mass is 230 g/mol.